The Morgan fingerprint density at radius 1 is 0.962 bits per heavy atom. The molecule has 0 heterocycles. The standard InChI is InChI=1S/C20H22O6/c1-22-13-25-17-11-16(9-10-19(21)24-3)20(15-7-5-4-6-8-15)18(12-17)26-14-23-2/h4-12H,13-14H2,1-3H3. The van der Waals surface area contributed by atoms with E-state index in [4.69, 9.17) is 18.9 Å². The van der Waals surface area contributed by atoms with E-state index >= 15 is 0 Å². The van der Waals surface area contributed by atoms with Crippen molar-refractivity contribution in [3.05, 3.63) is 54.1 Å². The third kappa shape index (κ3) is 5.34. The van der Waals surface area contributed by atoms with E-state index in [1.54, 1.807) is 32.4 Å². The first-order chi connectivity index (χ1) is 12.7. The summed E-state index contributed by atoms with van der Waals surface area (Å²) in [5.41, 5.74) is 2.48. The van der Waals surface area contributed by atoms with Crippen molar-refractivity contribution in [3.8, 4) is 22.6 Å². The molecule has 0 saturated heterocycles. The molecule has 26 heavy (non-hydrogen) atoms. The smallest absolute Gasteiger partial charge is 0.330 e. The molecule has 0 bridgehead atoms. The number of ether oxygens (including phenoxy) is 5. The summed E-state index contributed by atoms with van der Waals surface area (Å²) in [6.07, 6.45) is 3.01. The van der Waals surface area contributed by atoms with Crippen molar-refractivity contribution < 1.29 is 28.5 Å². The molecule has 0 aliphatic heterocycles. The van der Waals surface area contributed by atoms with Gasteiger partial charge in [0.05, 0.1) is 7.11 Å². The van der Waals surface area contributed by atoms with E-state index in [1.165, 1.54) is 13.2 Å². The Balaban J connectivity index is 2.57. The van der Waals surface area contributed by atoms with Crippen LogP contribution in [0.2, 0.25) is 0 Å². The first-order valence-corrected chi connectivity index (χ1v) is 7.92. The molecule has 6 nitrogen and oxygen atoms in total. The summed E-state index contributed by atoms with van der Waals surface area (Å²) in [6, 6.07) is 13.3. The molecule has 138 valence electrons. The highest BCUT2D eigenvalue weighted by Crippen LogP contribution is 2.38. The van der Waals surface area contributed by atoms with Crippen molar-refractivity contribution in [1.29, 1.82) is 0 Å². The number of carbonyl (C=O) groups is 1. The van der Waals surface area contributed by atoms with Gasteiger partial charge in [0.1, 0.15) is 11.5 Å². The lowest BCUT2D eigenvalue weighted by molar-refractivity contribution is -0.134. The minimum Gasteiger partial charge on any atom is -0.467 e. The third-order valence-corrected chi connectivity index (χ3v) is 3.44. The molecule has 0 aliphatic carbocycles. The van der Waals surface area contributed by atoms with Gasteiger partial charge in [-0.15, -0.1) is 0 Å². The summed E-state index contributed by atoms with van der Waals surface area (Å²) in [5, 5.41) is 0. The molecule has 0 N–H and O–H groups in total. The lowest BCUT2D eigenvalue weighted by Gasteiger charge is -2.16. The molecule has 0 atom stereocenters. The van der Waals surface area contributed by atoms with Crippen molar-refractivity contribution in [2.45, 2.75) is 0 Å². The summed E-state index contributed by atoms with van der Waals surface area (Å²) < 4.78 is 26.0. The van der Waals surface area contributed by atoms with Crippen molar-refractivity contribution in [3.63, 3.8) is 0 Å². The van der Waals surface area contributed by atoms with E-state index < -0.39 is 5.97 Å². The largest absolute Gasteiger partial charge is 0.467 e. The van der Waals surface area contributed by atoms with Gasteiger partial charge in [-0.3, -0.25) is 0 Å². The van der Waals surface area contributed by atoms with Crippen LogP contribution in [0.5, 0.6) is 11.5 Å². The molecule has 0 fully saturated rings. The molecule has 0 spiro atoms. The van der Waals surface area contributed by atoms with Gasteiger partial charge in [-0.2, -0.15) is 0 Å². The molecule has 0 unspecified atom stereocenters. The van der Waals surface area contributed by atoms with Gasteiger partial charge in [0.25, 0.3) is 0 Å². The van der Waals surface area contributed by atoms with Gasteiger partial charge in [-0.05, 0) is 23.3 Å². The van der Waals surface area contributed by atoms with Crippen LogP contribution >= 0.6 is 0 Å². The van der Waals surface area contributed by atoms with Gasteiger partial charge in [0.15, 0.2) is 13.6 Å². The highest BCUT2D eigenvalue weighted by molar-refractivity contribution is 5.90. The number of rotatable bonds is 9. The minimum absolute atomic E-state index is 0.0771. The van der Waals surface area contributed by atoms with Crippen LogP contribution in [0.3, 0.4) is 0 Å². The van der Waals surface area contributed by atoms with Crippen molar-refractivity contribution in [2.75, 3.05) is 34.9 Å². The Kier molecular flexibility index (Phi) is 7.67. The highest BCUT2D eigenvalue weighted by Gasteiger charge is 2.14. The number of esters is 1. The fraction of sp³-hybridized carbons (Fsp3) is 0.250. The van der Waals surface area contributed by atoms with E-state index in [0.717, 1.165) is 16.7 Å². The predicted molar refractivity (Wildman–Crippen MR) is 97.9 cm³/mol. The first kappa shape index (κ1) is 19.5. The summed E-state index contributed by atoms with van der Waals surface area (Å²) in [5.74, 6) is 0.657. The molecule has 2 aromatic carbocycles. The Morgan fingerprint density at radius 2 is 1.65 bits per heavy atom. The maximum atomic E-state index is 11.5. The van der Waals surface area contributed by atoms with Crippen LogP contribution in [0.15, 0.2) is 48.5 Å². The maximum Gasteiger partial charge on any atom is 0.330 e. The van der Waals surface area contributed by atoms with Gasteiger partial charge in [-0.25, -0.2) is 4.79 Å². The van der Waals surface area contributed by atoms with Crippen molar-refractivity contribution in [1.82, 2.24) is 0 Å². The SMILES string of the molecule is COCOc1cc(C=CC(=O)OC)c(-c2ccccc2)c(OCOC)c1. The van der Waals surface area contributed by atoms with Gasteiger partial charge >= 0.3 is 5.97 Å². The molecular formula is C20H22O6. The second kappa shape index (κ2) is 10.2. The molecule has 0 radical (unpaired) electrons. The zero-order valence-corrected chi connectivity index (χ0v) is 15.1. The summed E-state index contributed by atoms with van der Waals surface area (Å²) in [4.78, 5) is 11.5. The van der Waals surface area contributed by atoms with Crippen LogP contribution in [0, 0.1) is 0 Å². The molecule has 0 saturated carbocycles. The van der Waals surface area contributed by atoms with Crippen LogP contribution in [-0.2, 0) is 19.0 Å². The van der Waals surface area contributed by atoms with Gasteiger partial charge in [-0.1, -0.05) is 30.3 Å². The van der Waals surface area contributed by atoms with Crippen LogP contribution in [0.1, 0.15) is 5.56 Å². The van der Waals surface area contributed by atoms with Crippen molar-refractivity contribution in [2.24, 2.45) is 0 Å². The Morgan fingerprint density at radius 3 is 2.31 bits per heavy atom. The number of methoxy groups -OCH3 is 3. The molecule has 0 amide bonds. The second-order valence-corrected chi connectivity index (χ2v) is 5.21. The monoisotopic (exact) mass is 358 g/mol. The van der Waals surface area contributed by atoms with Crippen molar-refractivity contribution >= 4 is 12.0 Å². The van der Waals surface area contributed by atoms with Gasteiger partial charge in [0, 0.05) is 31.9 Å². The summed E-state index contributed by atoms with van der Waals surface area (Å²) >= 11 is 0. The van der Waals surface area contributed by atoms with E-state index in [0.29, 0.717) is 11.5 Å². The molecule has 0 aliphatic rings. The average molecular weight is 358 g/mol. The minimum atomic E-state index is -0.452. The normalized spacial score (nSPS) is 10.7. The quantitative estimate of drug-likeness (QED) is 0.388. The fourth-order valence-electron chi connectivity index (χ4n) is 2.33. The molecule has 6 heteroatoms. The zero-order valence-electron chi connectivity index (χ0n) is 15.1. The van der Waals surface area contributed by atoms with Gasteiger partial charge in [0.2, 0.25) is 0 Å². The highest BCUT2D eigenvalue weighted by atomic mass is 16.7. The third-order valence-electron chi connectivity index (χ3n) is 3.44. The van der Waals surface area contributed by atoms with Crippen LogP contribution in [0.25, 0.3) is 17.2 Å². The lowest BCUT2D eigenvalue weighted by atomic mass is 9.97. The lowest BCUT2D eigenvalue weighted by Crippen LogP contribution is -2.04. The molecular weight excluding hydrogens is 336 g/mol. The van der Waals surface area contributed by atoms with Crippen LogP contribution < -0.4 is 9.47 Å². The first-order valence-electron chi connectivity index (χ1n) is 7.92. The average Bonchev–Trinajstić information content (AvgIpc) is 2.69. The number of hydrogen-bond donors (Lipinski definition) is 0. The molecule has 0 aromatic heterocycles. The van der Waals surface area contributed by atoms with Gasteiger partial charge < -0.3 is 23.7 Å². The zero-order chi connectivity index (χ0) is 18.8. The Hall–Kier alpha value is -2.83. The second-order valence-electron chi connectivity index (χ2n) is 5.21. The molecule has 2 rings (SSSR count). The van der Waals surface area contributed by atoms with E-state index in [2.05, 4.69) is 4.74 Å². The van der Waals surface area contributed by atoms with Crippen LogP contribution in [-0.4, -0.2) is 40.9 Å². The summed E-state index contributed by atoms with van der Waals surface area (Å²) in [7, 11) is 4.42. The van der Waals surface area contributed by atoms with E-state index in [-0.39, 0.29) is 13.6 Å². The summed E-state index contributed by atoms with van der Waals surface area (Å²) in [6.45, 7) is 0.169. The Bertz CT molecular complexity index is 739. The van der Waals surface area contributed by atoms with E-state index in [9.17, 15) is 4.79 Å². The fourth-order valence-corrected chi connectivity index (χ4v) is 2.33. The molecule has 2 aromatic rings. The topological polar surface area (TPSA) is 63.2 Å². The maximum absolute atomic E-state index is 11.5. The van der Waals surface area contributed by atoms with Crippen LogP contribution in [0.4, 0.5) is 0 Å². The Labute approximate surface area is 152 Å². The predicted octanol–water partition coefficient (Wildman–Crippen LogP) is 3.51. The van der Waals surface area contributed by atoms with E-state index in [1.807, 2.05) is 30.3 Å². The number of hydrogen-bond acceptors (Lipinski definition) is 6. The number of benzene rings is 2. The number of carbonyl (C=O) groups excluding carboxylic acids is 1.